The van der Waals surface area contributed by atoms with Crippen LogP contribution in [0.4, 0.5) is 0 Å². The molecule has 0 aliphatic rings. The summed E-state index contributed by atoms with van der Waals surface area (Å²) < 4.78 is 4.01. The van der Waals surface area contributed by atoms with Gasteiger partial charge in [0.1, 0.15) is 0 Å². The summed E-state index contributed by atoms with van der Waals surface area (Å²) in [7, 11) is 1.99. The van der Waals surface area contributed by atoms with Crippen LogP contribution in [0.15, 0.2) is 24.3 Å². The highest BCUT2D eigenvalue weighted by molar-refractivity contribution is 7.05. The van der Waals surface area contributed by atoms with Gasteiger partial charge in [0.25, 0.3) is 0 Å². The predicted octanol–water partition coefficient (Wildman–Crippen LogP) is 2.91. The summed E-state index contributed by atoms with van der Waals surface area (Å²) in [5.74, 6) is 0. The molecule has 0 amide bonds. The van der Waals surface area contributed by atoms with Crippen molar-refractivity contribution in [1.29, 1.82) is 0 Å². The normalized spacial score (nSPS) is 12.6. The molecular weight excluding hydrogens is 242 g/mol. The molecule has 4 heteroatoms. The molecule has 1 aromatic heterocycles. The monoisotopic (exact) mass is 261 g/mol. The summed E-state index contributed by atoms with van der Waals surface area (Å²) in [6.45, 7) is 4.20. The molecule has 0 radical (unpaired) electrons. The first-order valence-electron chi connectivity index (χ1n) is 6.28. The maximum absolute atomic E-state index is 4.08. The number of benzene rings is 1. The maximum Gasteiger partial charge on any atom is 0.0772 e. The fourth-order valence-corrected chi connectivity index (χ4v) is 2.78. The van der Waals surface area contributed by atoms with E-state index >= 15 is 0 Å². The molecule has 0 fully saturated rings. The lowest BCUT2D eigenvalue weighted by molar-refractivity contribution is 0.597. The van der Waals surface area contributed by atoms with Crippen molar-refractivity contribution in [2.45, 2.75) is 32.7 Å². The highest BCUT2D eigenvalue weighted by Gasteiger charge is 2.15. The van der Waals surface area contributed by atoms with Gasteiger partial charge >= 0.3 is 0 Å². The van der Waals surface area contributed by atoms with Gasteiger partial charge in [0.2, 0.25) is 0 Å². The van der Waals surface area contributed by atoms with E-state index in [1.165, 1.54) is 27.5 Å². The zero-order chi connectivity index (χ0) is 13.0. The number of rotatable bonds is 5. The lowest BCUT2D eigenvalue weighted by atomic mass is 10.0. The quantitative estimate of drug-likeness (QED) is 0.899. The Morgan fingerprint density at radius 1 is 1.22 bits per heavy atom. The third-order valence-corrected chi connectivity index (χ3v) is 4.16. The third kappa shape index (κ3) is 2.94. The van der Waals surface area contributed by atoms with E-state index in [9.17, 15) is 0 Å². The van der Waals surface area contributed by atoms with Crippen LogP contribution in [0.3, 0.4) is 0 Å². The molecule has 0 bridgehead atoms. The van der Waals surface area contributed by atoms with E-state index in [0.29, 0.717) is 6.04 Å². The standard InChI is InChI=1S/C14H19N3S/c1-4-11-5-7-12(8-6-11)9-13(15-3)14-10(2)16-17-18-14/h5-8,13,15H,4,9H2,1-3H3. The van der Waals surface area contributed by atoms with Crippen LogP contribution in [0.1, 0.15) is 34.7 Å². The van der Waals surface area contributed by atoms with Crippen molar-refractivity contribution in [3.8, 4) is 0 Å². The van der Waals surface area contributed by atoms with Crippen LogP contribution >= 0.6 is 11.5 Å². The van der Waals surface area contributed by atoms with E-state index in [-0.39, 0.29) is 0 Å². The fraction of sp³-hybridized carbons (Fsp3) is 0.429. The minimum Gasteiger partial charge on any atom is -0.312 e. The molecule has 18 heavy (non-hydrogen) atoms. The van der Waals surface area contributed by atoms with Crippen LogP contribution in [0, 0.1) is 6.92 Å². The third-order valence-electron chi connectivity index (χ3n) is 3.22. The van der Waals surface area contributed by atoms with Gasteiger partial charge in [-0.2, -0.15) is 0 Å². The van der Waals surface area contributed by atoms with Gasteiger partial charge in [-0.15, -0.1) is 5.10 Å². The smallest absolute Gasteiger partial charge is 0.0772 e. The van der Waals surface area contributed by atoms with Gasteiger partial charge in [-0.05, 0) is 49.5 Å². The molecule has 2 aromatic rings. The fourth-order valence-electron chi connectivity index (χ4n) is 2.03. The molecule has 0 saturated carbocycles. The first-order valence-corrected chi connectivity index (χ1v) is 7.05. The van der Waals surface area contributed by atoms with Crippen molar-refractivity contribution in [3.63, 3.8) is 0 Å². The predicted molar refractivity (Wildman–Crippen MR) is 76.0 cm³/mol. The molecular formula is C14H19N3S. The van der Waals surface area contributed by atoms with E-state index < -0.39 is 0 Å². The largest absolute Gasteiger partial charge is 0.312 e. The number of hydrogen-bond donors (Lipinski definition) is 1. The average Bonchev–Trinajstić information content (AvgIpc) is 2.83. The van der Waals surface area contributed by atoms with Gasteiger partial charge in [-0.1, -0.05) is 35.7 Å². The van der Waals surface area contributed by atoms with E-state index in [4.69, 9.17) is 0 Å². The van der Waals surface area contributed by atoms with Gasteiger partial charge in [0, 0.05) is 6.04 Å². The lowest BCUT2D eigenvalue weighted by Gasteiger charge is -2.14. The van der Waals surface area contributed by atoms with Crippen molar-refractivity contribution < 1.29 is 0 Å². The summed E-state index contributed by atoms with van der Waals surface area (Å²) in [4.78, 5) is 1.23. The molecule has 96 valence electrons. The zero-order valence-corrected chi connectivity index (χ0v) is 11.9. The Kier molecular flexibility index (Phi) is 4.44. The number of nitrogens with one attached hydrogen (secondary N) is 1. The molecule has 1 N–H and O–H groups in total. The Bertz CT molecular complexity index is 490. The van der Waals surface area contributed by atoms with E-state index in [1.807, 2.05) is 14.0 Å². The van der Waals surface area contributed by atoms with Crippen LogP contribution in [-0.2, 0) is 12.8 Å². The van der Waals surface area contributed by atoms with Crippen molar-refractivity contribution in [2.24, 2.45) is 0 Å². The Hall–Kier alpha value is -1.26. The average molecular weight is 261 g/mol. The summed E-state index contributed by atoms with van der Waals surface area (Å²) in [6.07, 6.45) is 2.07. The molecule has 1 unspecified atom stereocenters. The number of hydrogen-bond acceptors (Lipinski definition) is 4. The number of aryl methyl sites for hydroxylation is 2. The number of aromatic nitrogens is 2. The topological polar surface area (TPSA) is 37.8 Å². The summed E-state index contributed by atoms with van der Waals surface area (Å²) in [5.41, 5.74) is 3.76. The molecule has 1 heterocycles. The van der Waals surface area contributed by atoms with Crippen molar-refractivity contribution in [3.05, 3.63) is 46.0 Å². The molecule has 0 saturated heterocycles. The van der Waals surface area contributed by atoms with Crippen molar-refractivity contribution >= 4 is 11.5 Å². The van der Waals surface area contributed by atoms with Gasteiger partial charge in [-0.3, -0.25) is 0 Å². The molecule has 1 aromatic carbocycles. The molecule has 0 aliphatic carbocycles. The number of nitrogens with zero attached hydrogens (tertiary/aromatic N) is 2. The minimum atomic E-state index is 0.303. The second-order valence-corrected chi connectivity index (χ2v) is 5.22. The Balaban J connectivity index is 2.13. The second kappa shape index (κ2) is 6.07. The SMILES string of the molecule is CCc1ccc(CC(NC)c2snnc2C)cc1. The first kappa shape index (κ1) is 13.2. The highest BCUT2D eigenvalue weighted by atomic mass is 32.1. The van der Waals surface area contributed by atoms with Gasteiger partial charge in [-0.25, -0.2) is 0 Å². The molecule has 0 spiro atoms. The number of likely N-dealkylation sites (N-methyl/N-ethyl adjacent to an activating group) is 1. The molecule has 0 aliphatic heterocycles. The van der Waals surface area contributed by atoms with E-state index in [2.05, 4.69) is 46.1 Å². The lowest BCUT2D eigenvalue weighted by Crippen LogP contribution is -2.18. The van der Waals surface area contributed by atoms with E-state index in [0.717, 1.165) is 18.5 Å². The molecule has 3 nitrogen and oxygen atoms in total. The Labute approximate surface area is 112 Å². The Morgan fingerprint density at radius 3 is 2.39 bits per heavy atom. The Morgan fingerprint density at radius 2 is 1.89 bits per heavy atom. The summed E-state index contributed by atoms with van der Waals surface area (Å²) in [6, 6.07) is 9.15. The van der Waals surface area contributed by atoms with Crippen LogP contribution in [-0.4, -0.2) is 16.6 Å². The summed E-state index contributed by atoms with van der Waals surface area (Å²) in [5, 5.41) is 7.44. The zero-order valence-electron chi connectivity index (χ0n) is 11.1. The molecule has 1 atom stereocenters. The van der Waals surface area contributed by atoms with Gasteiger partial charge in [0.15, 0.2) is 0 Å². The van der Waals surface area contributed by atoms with Crippen molar-refractivity contribution in [2.75, 3.05) is 7.05 Å². The van der Waals surface area contributed by atoms with E-state index in [1.54, 1.807) is 0 Å². The van der Waals surface area contributed by atoms with Crippen LogP contribution in [0.2, 0.25) is 0 Å². The maximum atomic E-state index is 4.08. The van der Waals surface area contributed by atoms with Crippen LogP contribution < -0.4 is 5.32 Å². The highest BCUT2D eigenvalue weighted by Crippen LogP contribution is 2.23. The van der Waals surface area contributed by atoms with Crippen LogP contribution in [0.25, 0.3) is 0 Å². The second-order valence-electron chi connectivity index (χ2n) is 4.44. The van der Waals surface area contributed by atoms with Gasteiger partial charge < -0.3 is 5.32 Å². The minimum absolute atomic E-state index is 0.303. The first-order chi connectivity index (χ1) is 8.74. The van der Waals surface area contributed by atoms with Crippen LogP contribution in [0.5, 0.6) is 0 Å². The molecule has 2 rings (SSSR count). The summed E-state index contributed by atoms with van der Waals surface area (Å²) >= 11 is 1.49. The van der Waals surface area contributed by atoms with Crippen molar-refractivity contribution in [1.82, 2.24) is 14.9 Å². The van der Waals surface area contributed by atoms with Gasteiger partial charge in [0.05, 0.1) is 10.6 Å².